The van der Waals surface area contributed by atoms with Gasteiger partial charge in [-0.2, -0.15) is 13.2 Å². The molecule has 2 nitrogen and oxygen atoms in total. The van der Waals surface area contributed by atoms with Crippen molar-refractivity contribution < 1.29 is 22.0 Å². The van der Waals surface area contributed by atoms with E-state index in [0.29, 0.717) is 22.1 Å². The molecule has 0 spiro atoms. The summed E-state index contributed by atoms with van der Waals surface area (Å²) in [5.74, 6) is -1.72. The van der Waals surface area contributed by atoms with Gasteiger partial charge in [0.05, 0.1) is 39.0 Å². The molecule has 10 aromatic carbocycles. The number of nitrogens with zero attached hydrogens (tertiary/aromatic N) is 2. The van der Waals surface area contributed by atoms with Gasteiger partial charge in [-0.15, -0.1) is 0 Å². The third kappa shape index (κ3) is 7.02. The Morgan fingerprint density at radius 2 is 0.574 bits per heavy atom. The molecule has 0 unspecified atom stereocenters. The maximum absolute atomic E-state index is 15.8. The predicted molar refractivity (Wildman–Crippen MR) is 267 cm³/mol. The Hall–Kier alpha value is -8.55. The van der Waals surface area contributed by atoms with E-state index >= 15 is 22.0 Å². The van der Waals surface area contributed by atoms with E-state index in [0.717, 1.165) is 84.3 Å². The van der Waals surface area contributed by atoms with Gasteiger partial charge in [-0.1, -0.05) is 146 Å². The van der Waals surface area contributed by atoms with Crippen LogP contribution in [0.25, 0.3) is 111 Å². The van der Waals surface area contributed by atoms with Gasteiger partial charge in [0.2, 0.25) is 0 Å². The van der Waals surface area contributed by atoms with Crippen LogP contribution in [0.3, 0.4) is 0 Å². The summed E-state index contributed by atoms with van der Waals surface area (Å²) in [6.07, 6.45) is -4.82. The molecule has 7 heteroatoms. The lowest BCUT2D eigenvalue weighted by Gasteiger charge is -2.23. The highest BCUT2D eigenvalue weighted by atomic mass is 19.4. The lowest BCUT2D eigenvalue weighted by Crippen LogP contribution is -2.11. The standard InChI is InChI=1S/C61H37F5N2/c62-48-29-46(30-49(63)37-48)60-58(67-54-25-21-42(38-13-5-1-6-14-38)31-50(54)51-32-43(22-26-55(51)67)39-15-7-2-8-16-39)35-47(61(64,65)66)36-59(60)68-56-27-23-44(40-17-9-3-10-18-40)33-52(56)53-34-45(24-28-57(53)68)41-19-11-4-12-20-41/h1-37H. The van der Waals surface area contributed by atoms with Crippen molar-refractivity contribution in [1.29, 1.82) is 0 Å². The Kier molecular flexibility index (Phi) is 9.69. The van der Waals surface area contributed by atoms with Crippen molar-refractivity contribution in [2.75, 3.05) is 0 Å². The van der Waals surface area contributed by atoms with Crippen molar-refractivity contribution in [3.05, 3.63) is 242 Å². The third-order valence-electron chi connectivity index (χ3n) is 13.0. The summed E-state index contributed by atoms with van der Waals surface area (Å²) in [6, 6.07) is 68.8. The minimum atomic E-state index is -4.82. The van der Waals surface area contributed by atoms with E-state index in [1.807, 2.05) is 179 Å². The lowest BCUT2D eigenvalue weighted by molar-refractivity contribution is -0.137. The van der Waals surface area contributed by atoms with E-state index in [9.17, 15) is 0 Å². The topological polar surface area (TPSA) is 9.86 Å². The zero-order chi connectivity index (χ0) is 46.1. The van der Waals surface area contributed by atoms with E-state index in [1.54, 1.807) is 0 Å². The molecule has 12 aromatic rings. The molecule has 68 heavy (non-hydrogen) atoms. The Morgan fingerprint density at radius 3 is 0.853 bits per heavy atom. The summed E-state index contributed by atoms with van der Waals surface area (Å²) in [4.78, 5) is 0. The molecule has 0 aliphatic heterocycles. The molecule has 0 fully saturated rings. The molecule has 0 aliphatic rings. The molecule has 0 atom stereocenters. The highest BCUT2D eigenvalue weighted by molar-refractivity contribution is 6.14. The SMILES string of the molecule is Fc1cc(F)cc(-c2c(-n3c4ccc(-c5ccccc5)cc4c4cc(-c5ccccc5)ccc43)cc(C(F)(F)F)cc2-n2c3ccc(-c4ccccc4)cc3c3cc(-c4ccccc4)ccc32)c1. The van der Waals surface area contributed by atoms with Crippen LogP contribution in [-0.4, -0.2) is 9.13 Å². The van der Waals surface area contributed by atoms with Crippen LogP contribution in [-0.2, 0) is 6.18 Å². The molecule has 0 N–H and O–H groups in total. The summed E-state index contributed by atoms with van der Waals surface area (Å²) >= 11 is 0. The quantitative estimate of drug-likeness (QED) is 0.141. The van der Waals surface area contributed by atoms with Crippen molar-refractivity contribution in [3.63, 3.8) is 0 Å². The number of hydrogen-bond acceptors (Lipinski definition) is 0. The number of alkyl halides is 3. The van der Waals surface area contributed by atoms with Crippen molar-refractivity contribution in [2.24, 2.45) is 0 Å². The Balaban J connectivity index is 1.23. The number of fused-ring (bicyclic) bond motifs is 6. The Bertz CT molecular complexity index is 3460. The fourth-order valence-electron chi connectivity index (χ4n) is 9.93. The summed E-state index contributed by atoms with van der Waals surface area (Å²) in [7, 11) is 0. The van der Waals surface area contributed by atoms with Crippen molar-refractivity contribution in [3.8, 4) is 67.0 Å². The number of halogens is 5. The first kappa shape index (κ1) is 40.9. The van der Waals surface area contributed by atoms with Gasteiger partial charge in [-0.05, 0) is 123 Å². The first-order chi connectivity index (χ1) is 33.2. The molecule has 0 amide bonds. The summed E-state index contributed by atoms with van der Waals surface area (Å²) < 4.78 is 82.4. The third-order valence-corrected chi connectivity index (χ3v) is 13.0. The predicted octanol–water partition coefficient (Wildman–Crippen LogP) is 17.5. The van der Waals surface area contributed by atoms with E-state index < -0.39 is 23.4 Å². The number of aromatic nitrogens is 2. The Labute approximate surface area is 388 Å². The van der Waals surface area contributed by atoms with Crippen LogP contribution in [0.2, 0.25) is 0 Å². The van der Waals surface area contributed by atoms with E-state index in [4.69, 9.17) is 0 Å². The molecule has 2 heterocycles. The number of benzene rings is 10. The first-order valence-corrected chi connectivity index (χ1v) is 22.3. The second kappa shape index (κ2) is 16.1. The summed E-state index contributed by atoms with van der Waals surface area (Å²) in [5.41, 5.74) is 9.68. The highest BCUT2D eigenvalue weighted by Crippen LogP contribution is 2.47. The summed E-state index contributed by atoms with van der Waals surface area (Å²) in [5, 5.41) is 3.20. The van der Waals surface area contributed by atoms with Gasteiger partial charge in [0.25, 0.3) is 0 Å². The van der Waals surface area contributed by atoms with Crippen LogP contribution in [0.5, 0.6) is 0 Å². The average molecular weight is 893 g/mol. The molecular formula is C61H37F5N2. The molecule has 0 bridgehead atoms. The van der Waals surface area contributed by atoms with Crippen LogP contribution in [0.15, 0.2) is 224 Å². The molecule has 0 aliphatic carbocycles. The van der Waals surface area contributed by atoms with Crippen LogP contribution in [0, 0.1) is 11.6 Å². The maximum Gasteiger partial charge on any atom is 0.416 e. The van der Waals surface area contributed by atoms with Gasteiger partial charge in [0.1, 0.15) is 11.6 Å². The first-order valence-electron chi connectivity index (χ1n) is 22.3. The number of rotatable bonds is 7. The Morgan fingerprint density at radius 1 is 0.279 bits per heavy atom. The molecule has 12 rings (SSSR count). The van der Waals surface area contributed by atoms with Gasteiger partial charge in [0.15, 0.2) is 0 Å². The minimum Gasteiger partial charge on any atom is -0.309 e. The molecule has 326 valence electrons. The maximum atomic E-state index is 15.8. The minimum absolute atomic E-state index is 0.0786. The molecule has 2 aromatic heterocycles. The van der Waals surface area contributed by atoms with Gasteiger partial charge < -0.3 is 9.13 Å². The zero-order valence-corrected chi connectivity index (χ0v) is 36.1. The fourth-order valence-corrected chi connectivity index (χ4v) is 9.93. The smallest absolute Gasteiger partial charge is 0.309 e. The van der Waals surface area contributed by atoms with Crippen molar-refractivity contribution in [1.82, 2.24) is 9.13 Å². The normalized spacial score (nSPS) is 11.9. The molecule has 0 saturated heterocycles. The molecular weight excluding hydrogens is 856 g/mol. The van der Waals surface area contributed by atoms with Crippen LogP contribution < -0.4 is 0 Å². The van der Waals surface area contributed by atoms with E-state index in [1.165, 1.54) is 12.1 Å². The van der Waals surface area contributed by atoms with Crippen molar-refractivity contribution >= 4 is 43.6 Å². The van der Waals surface area contributed by atoms with Gasteiger partial charge in [-0.3, -0.25) is 0 Å². The largest absolute Gasteiger partial charge is 0.416 e. The number of hydrogen-bond donors (Lipinski definition) is 0. The van der Waals surface area contributed by atoms with Gasteiger partial charge in [0, 0.05) is 33.2 Å². The van der Waals surface area contributed by atoms with Gasteiger partial charge >= 0.3 is 6.18 Å². The average Bonchev–Trinajstić information content (AvgIpc) is 3.87. The van der Waals surface area contributed by atoms with Crippen LogP contribution in [0.1, 0.15) is 5.56 Å². The zero-order valence-electron chi connectivity index (χ0n) is 36.1. The lowest BCUT2D eigenvalue weighted by atomic mass is 9.97. The molecule has 0 saturated carbocycles. The second-order valence-electron chi connectivity index (χ2n) is 17.1. The van der Waals surface area contributed by atoms with E-state index in [-0.39, 0.29) is 22.5 Å². The second-order valence-corrected chi connectivity index (χ2v) is 17.1. The molecule has 0 radical (unpaired) electrons. The monoisotopic (exact) mass is 892 g/mol. The van der Waals surface area contributed by atoms with E-state index in [2.05, 4.69) is 24.3 Å². The van der Waals surface area contributed by atoms with Crippen LogP contribution >= 0.6 is 0 Å². The van der Waals surface area contributed by atoms with Gasteiger partial charge in [-0.25, -0.2) is 8.78 Å². The fraction of sp³-hybridized carbons (Fsp3) is 0.0164. The van der Waals surface area contributed by atoms with Crippen molar-refractivity contribution in [2.45, 2.75) is 6.18 Å². The highest BCUT2D eigenvalue weighted by Gasteiger charge is 2.35. The summed E-state index contributed by atoms with van der Waals surface area (Å²) in [6.45, 7) is 0. The van der Waals surface area contributed by atoms with Crippen LogP contribution in [0.4, 0.5) is 22.0 Å².